The van der Waals surface area contributed by atoms with Crippen molar-refractivity contribution in [3.05, 3.63) is 59.7 Å². The number of nitrogens with one attached hydrogen (secondary N) is 1. The van der Waals surface area contributed by atoms with Crippen molar-refractivity contribution in [2.24, 2.45) is 5.41 Å². The Hall–Kier alpha value is -3.15. The number of aliphatic carboxylic acids is 1. The molecule has 0 radical (unpaired) electrons. The summed E-state index contributed by atoms with van der Waals surface area (Å²) in [5, 5.41) is 12.2. The van der Waals surface area contributed by atoms with Crippen LogP contribution in [0.25, 0.3) is 11.1 Å². The minimum Gasteiger partial charge on any atom is -0.481 e. The zero-order chi connectivity index (χ0) is 27.5. The van der Waals surface area contributed by atoms with Crippen LogP contribution in [0.5, 0.6) is 0 Å². The topological polar surface area (TPSA) is 92.7 Å². The number of esters is 1. The van der Waals surface area contributed by atoms with E-state index in [4.69, 9.17) is 4.74 Å². The van der Waals surface area contributed by atoms with Gasteiger partial charge in [0.05, 0.1) is 6.42 Å². The predicted molar refractivity (Wildman–Crippen MR) is 152 cm³/mol. The van der Waals surface area contributed by atoms with E-state index in [1.54, 1.807) is 0 Å². The summed E-state index contributed by atoms with van der Waals surface area (Å²) < 4.78 is 5.70. The number of carboxylic acid groups (broad SMARTS) is 1. The Labute approximate surface area is 232 Å². The Morgan fingerprint density at radius 2 is 1.36 bits per heavy atom. The molecule has 0 aliphatic heterocycles. The standard InChI is InChI=1S/C33H43NO5/c35-30(22-33(23-31(36)37)19-11-12-20-33)34-21-13-5-3-1-2-4-6-18-32(38)39-24-29-27-16-9-7-14-25(27)26-15-8-10-17-28(26)29/h7-10,14-17,29H,1-6,11-13,18-24H2,(H,34,35)(H,36,37). The van der Waals surface area contributed by atoms with Gasteiger partial charge in [-0.1, -0.05) is 93.5 Å². The van der Waals surface area contributed by atoms with Crippen molar-refractivity contribution in [3.8, 4) is 11.1 Å². The molecule has 6 heteroatoms. The summed E-state index contributed by atoms with van der Waals surface area (Å²) in [7, 11) is 0. The molecule has 2 aromatic carbocycles. The van der Waals surface area contributed by atoms with E-state index in [0.717, 1.165) is 70.6 Å². The smallest absolute Gasteiger partial charge is 0.305 e. The van der Waals surface area contributed by atoms with Crippen molar-refractivity contribution in [3.63, 3.8) is 0 Å². The molecule has 0 saturated heterocycles. The van der Waals surface area contributed by atoms with Crippen LogP contribution < -0.4 is 5.32 Å². The number of carboxylic acids is 1. The van der Waals surface area contributed by atoms with Crippen LogP contribution in [0.3, 0.4) is 0 Å². The number of carbonyl (C=O) groups is 3. The van der Waals surface area contributed by atoms with Crippen LogP contribution in [0, 0.1) is 5.41 Å². The molecule has 6 nitrogen and oxygen atoms in total. The SMILES string of the molecule is O=C(O)CC1(CC(=O)NCCCCCCCCCC(=O)OCC2c3ccccc3-c3ccccc32)CCCC1. The van der Waals surface area contributed by atoms with Gasteiger partial charge in [0.1, 0.15) is 6.61 Å². The van der Waals surface area contributed by atoms with Gasteiger partial charge in [-0.2, -0.15) is 0 Å². The highest BCUT2D eigenvalue weighted by molar-refractivity contribution is 5.79. The van der Waals surface area contributed by atoms with Crippen LogP contribution in [0.4, 0.5) is 0 Å². The van der Waals surface area contributed by atoms with E-state index in [9.17, 15) is 19.5 Å². The molecule has 1 saturated carbocycles. The Morgan fingerprint density at radius 3 is 1.97 bits per heavy atom. The molecule has 0 bridgehead atoms. The lowest BCUT2D eigenvalue weighted by molar-refractivity contribution is -0.144. The molecule has 0 spiro atoms. The monoisotopic (exact) mass is 533 g/mol. The summed E-state index contributed by atoms with van der Waals surface area (Å²) in [5.74, 6) is -0.815. The first-order chi connectivity index (χ1) is 19.0. The minimum absolute atomic E-state index is 0.00798. The zero-order valence-corrected chi connectivity index (χ0v) is 23.1. The maximum atomic E-state index is 12.4. The second kappa shape index (κ2) is 14.3. The highest BCUT2D eigenvalue weighted by Gasteiger charge is 2.37. The molecular formula is C33H43NO5. The first-order valence-corrected chi connectivity index (χ1v) is 14.8. The Morgan fingerprint density at radius 1 is 0.795 bits per heavy atom. The number of benzene rings is 2. The normalized spacial score (nSPS) is 15.5. The molecule has 39 heavy (non-hydrogen) atoms. The second-order valence-corrected chi connectivity index (χ2v) is 11.4. The lowest BCUT2D eigenvalue weighted by atomic mass is 9.79. The third-order valence-corrected chi connectivity index (χ3v) is 8.48. The molecule has 0 unspecified atom stereocenters. The number of ether oxygens (including phenoxy) is 1. The van der Waals surface area contributed by atoms with Gasteiger partial charge in [0.15, 0.2) is 0 Å². The fourth-order valence-corrected chi connectivity index (χ4v) is 6.46. The molecule has 2 aliphatic rings. The molecule has 4 rings (SSSR count). The average Bonchev–Trinajstić information content (AvgIpc) is 3.50. The summed E-state index contributed by atoms with van der Waals surface area (Å²) in [6.07, 6.45) is 11.8. The van der Waals surface area contributed by atoms with Gasteiger partial charge in [0.25, 0.3) is 0 Å². The van der Waals surface area contributed by atoms with Gasteiger partial charge in [0, 0.05) is 25.3 Å². The first-order valence-electron chi connectivity index (χ1n) is 14.8. The average molecular weight is 534 g/mol. The van der Waals surface area contributed by atoms with E-state index in [-0.39, 0.29) is 29.6 Å². The third kappa shape index (κ3) is 8.17. The number of amides is 1. The quantitative estimate of drug-likeness (QED) is 0.179. The first kappa shape index (κ1) is 28.8. The van der Waals surface area contributed by atoms with Crippen molar-refractivity contribution in [2.45, 2.75) is 95.8 Å². The third-order valence-electron chi connectivity index (χ3n) is 8.48. The number of carbonyl (C=O) groups excluding carboxylic acids is 2. The van der Waals surface area contributed by atoms with Crippen LogP contribution in [0.1, 0.15) is 107 Å². The van der Waals surface area contributed by atoms with Gasteiger partial charge in [-0.05, 0) is 53.4 Å². The van der Waals surface area contributed by atoms with Gasteiger partial charge in [-0.3, -0.25) is 14.4 Å². The van der Waals surface area contributed by atoms with Gasteiger partial charge in [-0.25, -0.2) is 0 Å². The van der Waals surface area contributed by atoms with E-state index in [1.165, 1.54) is 22.3 Å². The summed E-state index contributed by atoms with van der Waals surface area (Å²) in [4.78, 5) is 35.9. The molecular weight excluding hydrogens is 490 g/mol. The van der Waals surface area contributed by atoms with Gasteiger partial charge in [-0.15, -0.1) is 0 Å². The van der Waals surface area contributed by atoms with Crippen molar-refractivity contribution in [2.75, 3.05) is 13.2 Å². The number of hydrogen-bond donors (Lipinski definition) is 2. The van der Waals surface area contributed by atoms with Gasteiger partial charge < -0.3 is 15.2 Å². The van der Waals surface area contributed by atoms with Crippen LogP contribution in [0.15, 0.2) is 48.5 Å². The Bertz CT molecular complexity index is 1080. The number of hydrogen-bond acceptors (Lipinski definition) is 4. The summed E-state index contributed by atoms with van der Waals surface area (Å²) >= 11 is 0. The second-order valence-electron chi connectivity index (χ2n) is 11.4. The maximum absolute atomic E-state index is 12.4. The molecule has 1 fully saturated rings. The van der Waals surface area contributed by atoms with Crippen molar-refractivity contribution >= 4 is 17.8 Å². The van der Waals surface area contributed by atoms with Gasteiger partial charge in [0.2, 0.25) is 5.91 Å². The van der Waals surface area contributed by atoms with Crippen molar-refractivity contribution < 1.29 is 24.2 Å². The van der Waals surface area contributed by atoms with E-state index in [2.05, 4.69) is 41.7 Å². The van der Waals surface area contributed by atoms with Gasteiger partial charge >= 0.3 is 11.9 Å². The number of unbranched alkanes of at least 4 members (excludes halogenated alkanes) is 6. The van der Waals surface area contributed by atoms with E-state index in [1.807, 2.05) is 12.1 Å². The van der Waals surface area contributed by atoms with Crippen molar-refractivity contribution in [1.82, 2.24) is 5.32 Å². The molecule has 2 N–H and O–H groups in total. The molecule has 1 amide bonds. The van der Waals surface area contributed by atoms with E-state index >= 15 is 0 Å². The van der Waals surface area contributed by atoms with Crippen molar-refractivity contribution in [1.29, 1.82) is 0 Å². The number of rotatable bonds is 16. The molecule has 210 valence electrons. The Balaban J connectivity index is 1.02. The largest absolute Gasteiger partial charge is 0.481 e. The maximum Gasteiger partial charge on any atom is 0.305 e. The summed E-state index contributed by atoms with van der Waals surface area (Å²) in [6, 6.07) is 16.8. The summed E-state index contributed by atoms with van der Waals surface area (Å²) in [5.41, 5.74) is 4.62. The van der Waals surface area contributed by atoms with Crippen LogP contribution >= 0.6 is 0 Å². The fraction of sp³-hybridized carbons (Fsp3) is 0.545. The zero-order valence-electron chi connectivity index (χ0n) is 23.1. The number of fused-ring (bicyclic) bond motifs is 3. The van der Waals surface area contributed by atoms with Crippen LogP contribution in [-0.2, 0) is 19.1 Å². The van der Waals surface area contributed by atoms with E-state index in [0.29, 0.717) is 26.0 Å². The Kier molecular flexibility index (Phi) is 10.6. The lowest BCUT2D eigenvalue weighted by Crippen LogP contribution is -2.32. The van der Waals surface area contributed by atoms with E-state index < -0.39 is 5.97 Å². The predicted octanol–water partition coefficient (Wildman–Crippen LogP) is 7.00. The van der Waals surface area contributed by atoms with Crippen LogP contribution in [-0.4, -0.2) is 36.1 Å². The highest BCUT2D eigenvalue weighted by atomic mass is 16.5. The molecule has 2 aromatic rings. The van der Waals surface area contributed by atoms with Crippen LogP contribution in [0.2, 0.25) is 0 Å². The highest BCUT2D eigenvalue weighted by Crippen LogP contribution is 2.45. The summed E-state index contributed by atoms with van der Waals surface area (Å²) in [6.45, 7) is 1.05. The fourth-order valence-electron chi connectivity index (χ4n) is 6.46. The lowest BCUT2D eigenvalue weighted by Gasteiger charge is -2.26. The minimum atomic E-state index is -0.803. The molecule has 0 atom stereocenters. The molecule has 2 aliphatic carbocycles. The molecule has 0 aromatic heterocycles. The molecule has 0 heterocycles.